The molecule has 8 saturated carbocycles. The SMILES string of the molecule is CC(C)O[Si](CCCN(CCCC(CC1CCCCC1)=NC1CCCCC1)C(=NC1CCCCC1)NC1CCCCC1)(OC(C)C)OC(C)C.CO[Si](CCCN(CCCC(CC1CCCCC1)=NC1CCCCC1)C(=NC1CCCCC1)NC1CCCCC1)(OC)OC. The molecule has 544 valence electrons. The number of guanidine groups is 2. The molecular formula is C78H148N8O6Si2. The topological polar surface area (TPSA) is 135 Å². The third-order valence-electron chi connectivity index (χ3n) is 22.4. The van der Waals surface area contributed by atoms with Crippen molar-refractivity contribution in [1.29, 1.82) is 0 Å². The molecule has 0 aliphatic heterocycles. The molecule has 94 heavy (non-hydrogen) atoms. The second-order valence-electron chi connectivity index (χ2n) is 31.7. The zero-order valence-corrected chi connectivity index (χ0v) is 64.7. The molecule has 8 rings (SSSR count). The van der Waals surface area contributed by atoms with Crippen molar-refractivity contribution in [3.63, 3.8) is 0 Å². The van der Waals surface area contributed by atoms with Crippen molar-refractivity contribution >= 4 is 41.0 Å². The van der Waals surface area contributed by atoms with Crippen molar-refractivity contribution in [2.75, 3.05) is 47.5 Å². The monoisotopic (exact) mass is 1350 g/mol. The molecule has 8 aliphatic rings. The lowest BCUT2D eigenvalue weighted by atomic mass is 9.84. The van der Waals surface area contributed by atoms with Crippen LogP contribution < -0.4 is 10.6 Å². The normalized spacial score (nSPS) is 22.3. The maximum Gasteiger partial charge on any atom is 0.501 e. The Morgan fingerprint density at radius 2 is 0.606 bits per heavy atom. The third kappa shape index (κ3) is 30.9. The first-order valence-corrected chi connectivity index (χ1v) is 44.7. The first-order valence-electron chi connectivity index (χ1n) is 40.8. The number of nitrogens with zero attached hydrogens (tertiary/aromatic N) is 6. The van der Waals surface area contributed by atoms with E-state index in [0.29, 0.717) is 36.3 Å². The Balaban J connectivity index is 0.000000268. The zero-order chi connectivity index (χ0) is 66.5. The minimum absolute atomic E-state index is 0.0673. The van der Waals surface area contributed by atoms with Crippen LogP contribution >= 0.6 is 0 Å². The number of hydrogen-bond acceptors (Lipinski definition) is 10. The molecule has 0 aromatic heterocycles. The highest BCUT2D eigenvalue weighted by Gasteiger charge is 2.44. The highest BCUT2D eigenvalue weighted by molar-refractivity contribution is 6.61. The highest BCUT2D eigenvalue weighted by Crippen LogP contribution is 2.33. The van der Waals surface area contributed by atoms with Gasteiger partial charge in [-0.15, -0.1) is 0 Å². The number of aliphatic imine (C=N–C) groups is 4. The summed E-state index contributed by atoms with van der Waals surface area (Å²) >= 11 is 0. The van der Waals surface area contributed by atoms with E-state index in [2.05, 4.69) is 62.0 Å². The summed E-state index contributed by atoms with van der Waals surface area (Å²) in [6, 6.07) is 4.78. The number of rotatable bonds is 35. The molecule has 0 atom stereocenters. The summed E-state index contributed by atoms with van der Waals surface area (Å²) in [6.07, 6.45) is 62.8. The van der Waals surface area contributed by atoms with E-state index >= 15 is 0 Å². The van der Waals surface area contributed by atoms with E-state index in [9.17, 15) is 0 Å². The first kappa shape index (κ1) is 79.4. The summed E-state index contributed by atoms with van der Waals surface area (Å²) in [5.41, 5.74) is 3.06. The van der Waals surface area contributed by atoms with Gasteiger partial charge in [-0.2, -0.15) is 0 Å². The van der Waals surface area contributed by atoms with Crippen LogP contribution in [0.4, 0.5) is 0 Å². The molecule has 0 amide bonds. The molecule has 0 radical (unpaired) electrons. The Kier molecular flexibility index (Phi) is 38.7. The van der Waals surface area contributed by atoms with Crippen LogP contribution in [-0.2, 0) is 26.6 Å². The van der Waals surface area contributed by atoms with Gasteiger partial charge in [-0.1, -0.05) is 180 Å². The van der Waals surface area contributed by atoms with Gasteiger partial charge in [0.15, 0.2) is 11.9 Å². The van der Waals surface area contributed by atoms with E-state index < -0.39 is 17.6 Å². The van der Waals surface area contributed by atoms with Crippen LogP contribution in [0.5, 0.6) is 0 Å². The van der Waals surface area contributed by atoms with Gasteiger partial charge < -0.3 is 47.0 Å². The molecule has 16 heteroatoms. The van der Waals surface area contributed by atoms with Gasteiger partial charge in [-0.3, -0.25) is 9.98 Å². The fourth-order valence-corrected chi connectivity index (χ4v) is 22.3. The summed E-state index contributed by atoms with van der Waals surface area (Å²) in [5, 5.41) is 8.11. The molecule has 8 aliphatic carbocycles. The Morgan fingerprint density at radius 3 is 0.904 bits per heavy atom. The zero-order valence-electron chi connectivity index (χ0n) is 62.7. The standard InChI is InChI=1S/C42H80N4O3Si.C36H68N4O3Si/c1-34(2)47-50(48-35(3)4,49-36(5)6)32-20-31-46(42(44-39-25-15-9-16-26-39)45-40-27-17-10-18-28-40)30-19-29-41(33-37-21-11-7-12-22-37)43-38-23-13-8-14-24-38;1-41-44(42-2,43-3)29-17-28-40(36(38-33-22-12-6-13-23-33)39-34-24-14-7-15-25-34)27-16-26-35(30-31-18-8-4-9-19-31)37-32-20-10-5-11-21-32/h34-40H,7-33H2,1-6H3,(H,44,45);31-34H,4-30H2,1-3H3,(H,38,39). The van der Waals surface area contributed by atoms with Crippen molar-refractivity contribution in [2.24, 2.45) is 31.8 Å². The second kappa shape index (κ2) is 45.8. The van der Waals surface area contributed by atoms with Crippen LogP contribution in [0.1, 0.15) is 350 Å². The summed E-state index contributed by atoms with van der Waals surface area (Å²) in [6.45, 7) is 16.6. The number of hydrogen-bond donors (Lipinski definition) is 2. The fraction of sp³-hybridized carbons (Fsp3) is 0.949. The van der Waals surface area contributed by atoms with E-state index in [1.165, 1.54) is 293 Å². The average Bonchev–Trinajstić information content (AvgIpc) is 1.32. The Labute approximate surface area is 580 Å². The van der Waals surface area contributed by atoms with Crippen LogP contribution in [0.2, 0.25) is 12.1 Å². The largest absolute Gasteiger partial charge is 0.501 e. The lowest BCUT2D eigenvalue weighted by molar-refractivity contribution is 0.00262. The van der Waals surface area contributed by atoms with Gasteiger partial charge in [0.05, 0.1) is 12.1 Å². The van der Waals surface area contributed by atoms with Gasteiger partial charge in [0.2, 0.25) is 0 Å². The molecule has 14 nitrogen and oxygen atoms in total. The van der Waals surface area contributed by atoms with Crippen molar-refractivity contribution in [3.05, 3.63) is 0 Å². The van der Waals surface area contributed by atoms with Gasteiger partial charge >= 0.3 is 17.6 Å². The summed E-state index contributed by atoms with van der Waals surface area (Å²) < 4.78 is 37.2. The quantitative estimate of drug-likeness (QED) is 0.0359. The maximum atomic E-state index is 6.62. The average molecular weight is 1350 g/mol. The smallest absolute Gasteiger partial charge is 0.377 e. The minimum atomic E-state index is -2.88. The second-order valence-corrected chi connectivity index (χ2v) is 37.4. The van der Waals surface area contributed by atoms with Gasteiger partial charge in [0, 0.05) is 113 Å². The van der Waals surface area contributed by atoms with Crippen LogP contribution in [0, 0.1) is 11.8 Å². The van der Waals surface area contributed by atoms with Crippen molar-refractivity contribution in [2.45, 2.75) is 416 Å². The Bertz CT molecular complexity index is 2050. The molecule has 0 unspecified atom stereocenters. The van der Waals surface area contributed by atoms with E-state index in [1.807, 2.05) is 0 Å². The predicted octanol–water partition coefficient (Wildman–Crippen LogP) is 19.7. The van der Waals surface area contributed by atoms with Crippen LogP contribution in [0.15, 0.2) is 20.0 Å². The fourth-order valence-electron chi connectivity index (χ4n) is 17.3. The molecule has 0 saturated heterocycles. The van der Waals surface area contributed by atoms with Crippen LogP contribution in [-0.4, -0.2) is 153 Å². The maximum absolute atomic E-state index is 6.62. The molecule has 2 N–H and O–H groups in total. The summed E-state index contributed by atoms with van der Waals surface area (Å²) in [7, 11) is -0.286. The molecule has 0 aromatic carbocycles. The molecule has 0 heterocycles. The Hall–Kier alpha value is -1.93. The predicted molar refractivity (Wildman–Crippen MR) is 401 cm³/mol. The third-order valence-corrected chi connectivity index (χ3v) is 28.7. The van der Waals surface area contributed by atoms with Gasteiger partial charge in [0.25, 0.3) is 0 Å². The van der Waals surface area contributed by atoms with Crippen molar-refractivity contribution in [3.8, 4) is 0 Å². The van der Waals surface area contributed by atoms with Crippen LogP contribution in [0.3, 0.4) is 0 Å². The van der Waals surface area contributed by atoms with Gasteiger partial charge in [-0.05, 0) is 182 Å². The molecule has 0 aromatic rings. The first-order chi connectivity index (χ1) is 45.8. The van der Waals surface area contributed by atoms with E-state index in [0.717, 1.165) is 88.6 Å². The lowest BCUT2D eigenvalue weighted by Crippen LogP contribution is -2.52. The lowest BCUT2D eigenvalue weighted by Gasteiger charge is -2.36. The molecule has 0 bridgehead atoms. The van der Waals surface area contributed by atoms with Crippen molar-refractivity contribution < 1.29 is 26.6 Å². The summed E-state index contributed by atoms with van der Waals surface area (Å²) in [4.78, 5) is 27.4. The van der Waals surface area contributed by atoms with E-state index in [-0.39, 0.29) is 18.3 Å². The van der Waals surface area contributed by atoms with E-state index in [4.69, 9.17) is 46.5 Å². The highest BCUT2D eigenvalue weighted by atomic mass is 28.4. The van der Waals surface area contributed by atoms with Crippen molar-refractivity contribution in [1.82, 2.24) is 20.4 Å². The Morgan fingerprint density at radius 1 is 0.340 bits per heavy atom. The summed E-state index contributed by atoms with van der Waals surface area (Å²) in [5.74, 6) is 4.04. The molecule has 8 fully saturated rings. The number of nitrogens with one attached hydrogen (secondary N) is 2. The molecular weight excluding hydrogens is 1200 g/mol. The molecule has 0 spiro atoms. The van der Waals surface area contributed by atoms with Crippen LogP contribution in [0.25, 0.3) is 0 Å². The minimum Gasteiger partial charge on any atom is -0.377 e. The van der Waals surface area contributed by atoms with Gasteiger partial charge in [-0.25, -0.2) is 9.98 Å². The van der Waals surface area contributed by atoms with E-state index in [1.54, 1.807) is 21.3 Å². The van der Waals surface area contributed by atoms with Gasteiger partial charge in [0.1, 0.15) is 0 Å².